The van der Waals surface area contributed by atoms with E-state index in [4.69, 9.17) is 4.52 Å². The molecule has 8 heteroatoms. The maximum atomic E-state index is 12.9. The number of hydrogen-bond acceptors (Lipinski definition) is 5. The van der Waals surface area contributed by atoms with Crippen molar-refractivity contribution in [2.75, 3.05) is 33.2 Å². The number of halogens is 1. The summed E-state index contributed by atoms with van der Waals surface area (Å²) in [5.74, 6) is 0.417. The van der Waals surface area contributed by atoms with Crippen molar-refractivity contribution in [2.24, 2.45) is 0 Å². The van der Waals surface area contributed by atoms with Gasteiger partial charge in [0.25, 0.3) is 0 Å². The van der Waals surface area contributed by atoms with Gasteiger partial charge in [-0.3, -0.25) is 10.2 Å². The van der Waals surface area contributed by atoms with E-state index < -0.39 is 0 Å². The molecule has 2 aromatic rings. The number of carbonyl (C=O) groups is 1. The fraction of sp³-hybridized carbons (Fsp3) is 0.438. The first-order valence-electron chi connectivity index (χ1n) is 8.04. The van der Waals surface area contributed by atoms with Gasteiger partial charge in [0.2, 0.25) is 17.6 Å². The van der Waals surface area contributed by atoms with Crippen LogP contribution >= 0.6 is 0 Å². The van der Waals surface area contributed by atoms with E-state index in [-0.39, 0.29) is 18.1 Å². The van der Waals surface area contributed by atoms with Crippen molar-refractivity contribution in [2.45, 2.75) is 12.8 Å². The van der Waals surface area contributed by atoms with Gasteiger partial charge in [-0.2, -0.15) is 4.98 Å². The molecule has 2 heterocycles. The van der Waals surface area contributed by atoms with Crippen molar-refractivity contribution in [3.8, 4) is 11.4 Å². The van der Waals surface area contributed by atoms with Crippen molar-refractivity contribution in [3.63, 3.8) is 0 Å². The number of hydrazine groups is 1. The molecule has 0 bridgehead atoms. The van der Waals surface area contributed by atoms with Gasteiger partial charge < -0.3 is 9.42 Å². The molecule has 7 nitrogen and oxygen atoms in total. The summed E-state index contributed by atoms with van der Waals surface area (Å²) < 4.78 is 18.1. The summed E-state index contributed by atoms with van der Waals surface area (Å²) in [4.78, 5) is 17.7. The molecule has 0 unspecified atom stereocenters. The molecule has 1 saturated heterocycles. The number of quaternary nitrogens is 1. The van der Waals surface area contributed by atoms with Crippen LogP contribution in [0.3, 0.4) is 0 Å². The summed E-state index contributed by atoms with van der Waals surface area (Å²) >= 11 is 0. The van der Waals surface area contributed by atoms with Gasteiger partial charge >= 0.3 is 0 Å². The Hall–Kier alpha value is -2.32. The predicted molar refractivity (Wildman–Crippen MR) is 84.3 cm³/mol. The number of rotatable bonds is 5. The molecule has 128 valence electrons. The van der Waals surface area contributed by atoms with E-state index in [0.29, 0.717) is 23.7 Å². The lowest BCUT2D eigenvalue weighted by Crippen LogP contribution is -3.12. The molecule has 0 saturated carbocycles. The van der Waals surface area contributed by atoms with Crippen molar-refractivity contribution in [1.82, 2.24) is 20.6 Å². The molecule has 1 fully saturated rings. The quantitative estimate of drug-likeness (QED) is 0.783. The first kappa shape index (κ1) is 16.5. The van der Waals surface area contributed by atoms with Crippen LogP contribution < -0.4 is 10.3 Å². The summed E-state index contributed by atoms with van der Waals surface area (Å²) in [5, 5.41) is 5.82. The monoisotopic (exact) mass is 334 g/mol. The molecule has 1 amide bonds. The highest BCUT2D eigenvalue weighted by Gasteiger charge is 2.18. The van der Waals surface area contributed by atoms with Gasteiger partial charge in [-0.25, -0.2) is 9.40 Å². The maximum Gasteiger partial charge on any atom is 0.234 e. The zero-order valence-corrected chi connectivity index (χ0v) is 13.6. The van der Waals surface area contributed by atoms with Gasteiger partial charge in [0.15, 0.2) is 0 Å². The second-order valence-electron chi connectivity index (χ2n) is 6.00. The Morgan fingerprint density at radius 2 is 2.04 bits per heavy atom. The summed E-state index contributed by atoms with van der Waals surface area (Å²) in [7, 11) is 2.15. The van der Waals surface area contributed by atoms with Crippen LogP contribution in [0, 0.1) is 5.82 Å². The van der Waals surface area contributed by atoms with E-state index in [1.807, 2.05) is 5.01 Å². The first-order valence-corrected chi connectivity index (χ1v) is 8.04. The number of hydrogen-bond donors (Lipinski definition) is 2. The topological polar surface area (TPSA) is 75.7 Å². The summed E-state index contributed by atoms with van der Waals surface area (Å²) in [6, 6.07) is 5.87. The number of likely N-dealkylation sites (N-methyl/N-ethyl adjacent to an activating group) is 1. The van der Waals surface area contributed by atoms with Crippen LogP contribution in [0.5, 0.6) is 0 Å². The molecular weight excluding hydrogens is 313 g/mol. The Labute approximate surface area is 139 Å². The second-order valence-corrected chi connectivity index (χ2v) is 6.00. The molecule has 0 radical (unpaired) electrons. The van der Waals surface area contributed by atoms with Crippen LogP contribution in [0.15, 0.2) is 28.8 Å². The van der Waals surface area contributed by atoms with E-state index in [0.717, 1.165) is 26.2 Å². The Bertz CT molecular complexity index is 680. The molecule has 0 atom stereocenters. The fourth-order valence-electron chi connectivity index (χ4n) is 2.53. The molecule has 1 aromatic heterocycles. The average molecular weight is 334 g/mol. The lowest BCUT2D eigenvalue weighted by molar-refractivity contribution is -0.884. The average Bonchev–Trinajstić information content (AvgIpc) is 3.05. The lowest BCUT2D eigenvalue weighted by Gasteiger charge is -2.30. The number of nitrogens with one attached hydrogen (secondary N) is 2. The summed E-state index contributed by atoms with van der Waals surface area (Å²) in [5.41, 5.74) is 3.58. The number of aryl methyl sites for hydroxylation is 1. The highest BCUT2D eigenvalue weighted by molar-refractivity contribution is 5.75. The molecule has 1 aromatic carbocycles. The number of benzene rings is 1. The van der Waals surface area contributed by atoms with Gasteiger partial charge in [0.1, 0.15) is 5.82 Å². The molecule has 3 rings (SSSR count). The predicted octanol–water partition coefficient (Wildman–Crippen LogP) is -0.330. The first-order chi connectivity index (χ1) is 11.6. The largest absolute Gasteiger partial charge is 0.339 e. The van der Waals surface area contributed by atoms with Crippen molar-refractivity contribution < 1.29 is 18.6 Å². The third kappa shape index (κ3) is 4.36. The molecule has 24 heavy (non-hydrogen) atoms. The minimum absolute atomic E-state index is 0.0592. The van der Waals surface area contributed by atoms with Crippen LogP contribution in [0.25, 0.3) is 11.4 Å². The Balaban J connectivity index is 1.48. The van der Waals surface area contributed by atoms with Gasteiger partial charge in [-0.05, 0) is 24.3 Å². The third-order valence-corrected chi connectivity index (χ3v) is 4.04. The number of amides is 1. The number of piperazine rings is 1. The Kier molecular flexibility index (Phi) is 5.17. The smallest absolute Gasteiger partial charge is 0.234 e. The number of carbonyl (C=O) groups excluding carboxylic acids is 1. The van der Waals surface area contributed by atoms with E-state index >= 15 is 0 Å². The minimum Gasteiger partial charge on any atom is -0.339 e. The highest BCUT2D eigenvalue weighted by atomic mass is 19.1. The molecular formula is C16H21FN5O2+. The maximum absolute atomic E-state index is 12.9. The molecule has 0 spiro atoms. The van der Waals surface area contributed by atoms with Crippen LogP contribution in [-0.4, -0.2) is 54.3 Å². The lowest BCUT2D eigenvalue weighted by atomic mass is 10.2. The number of aromatic nitrogens is 2. The van der Waals surface area contributed by atoms with Crippen molar-refractivity contribution >= 4 is 5.91 Å². The molecule has 1 aliphatic heterocycles. The molecule has 2 N–H and O–H groups in total. The van der Waals surface area contributed by atoms with Crippen LogP contribution in [0.2, 0.25) is 0 Å². The SMILES string of the molecule is C[NH+]1CCN(NC(=O)CCc2nc(-c3ccc(F)cc3)no2)CC1. The standard InChI is InChI=1S/C16H20FN5O2/c1-21-8-10-22(11-9-21)19-14(23)6-7-15-18-16(20-24-15)12-2-4-13(17)5-3-12/h2-5H,6-11H2,1H3,(H,19,23)/p+1. The van der Waals surface area contributed by atoms with Crippen molar-refractivity contribution in [3.05, 3.63) is 36.0 Å². The Morgan fingerprint density at radius 1 is 1.33 bits per heavy atom. The van der Waals surface area contributed by atoms with E-state index in [2.05, 4.69) is 22.6 Å². The van der Waals surface area contributed by atoms with E-state index in [1.54, 1.807) is 12.1 Å². The molecule has 1 aliphatic rings. The Morgan fingerprint density at radius 3 is 2.75 bits per heavy atom. The van der Waals surface area contributed by atoms with Crippen LogP contribution in [0.4, 0.5) is 4.39 Å². The second kappa shape index (κ2) is 7.50. The van der Waals surface area contributed by atoms with Gasteiger partial charge in [0.05, 0.1) is 33.2 Å². The summed E-state index contributed by atoms with van der Waals surface area (Å²) in [6.07, 6.45) is 0.656. The summed E-state index contributed by atoms with van der Waals surface area (Å²) in [6.45, 7) is 3.75. The van der Waals surface area contributed by atoms with Gasteiger partial charge in [-0.1, -0.05) is 5.16 Å². The fourth-order valence-corrected chi connectivity index (χ4v) is 2.53. The van der Waals surface area contributed by atoms with Crippen molar-refractivity contribution in [1.29, 1.82) is 0 Å². The highest BCUT2D eigenvalue weighted by Crippen LogP contribution is 2.16. The van der Waals surface area contributed by atoms with E-state index in [1.165, 1.54) is 17.0 Å². The number of nitrogens with zero attached hydrogens (tertiary/aromatic N) is 3. The minimum atomic E-state index is -0.315. The normalized spacial score (nSPS) is 16.2. The zero-order valence-electron chi connectivity index (χ0n) is 13.6. The van der Waals surface area contributed by atoms with Gasteiger partial charge in [0, 0.05) is 18.4 Å². The molecule has 0 aliphatic carbocycles. The van der Waals surface area contributed by atoms with E-state index in [9.17, 15) is 9.18 Å². The van der Waals surface area contributed by atoms with Gasteiger partial charge in [-0.15, -0.1) is 0 Å². The zero-order chi connectivity index (χ0) is 16.9. The van der Waals surface area contributed by atoms with Crippen LogP contribution in [0.1, 0.15) is 12.3 Å². The van der Waals surface area contributed by atoms with Crippen LogP contribution in [-0.2, 0) is 11.2 Å². The third-order valence-electron chi connectivity index (χ3n) is 4.04.